The van der Waals surface area contributed by atoms with Gasteiger partial charge < -0.3 is 16.4 Å². The van der Waals surface area contributed by atoms with E-state index >= 15 is 0 Å². The van der Waals surface area contributed by atoms with Crippen LogP contribution < -0.4 is 0 Å². The molecule has 0 saturated carbocycles. The Kier molecular flexibility index (Phi) is 1320. The summed E-state index contributed by atoms with van der Waals surface area (Å²) in [6.45, 7) is 0. The van der Waals surface area contributed by atoms with Crippen molar-refractivity contribution in [3.8, 4) is 0 Å². The second-order valence-electron chi connectivity index (χ2n) is 0. The molecule has 0 fully saturated rings. The van der Waals surface area contributed by atoms with Crippen LogP contribution in [0.1, 0.15) is 0 Å². The fourth-order valence-electron chi connectivity index (χ4n) is 0. The van der Waals surface area contributed by atoms with Crippen LogP contribution in [0.2, 0.25) is 0 Å². The minimum absolute atomic E-state index is 0. The maximum atomic E-state index is 0. The summed E-state index contributed by atoms with van der Waals surface area (Å²) in [5.74, 6) is 0. The fourth-order valence-corrected chi connectivity index (χ4v) is 0. The van der Waals surface area contributed by atoms with E-state index in [0.717, 1.165) is 0 Å². The summed E-state index contributed by atoms with van der Waals surface area (Å²) in [6, 6.07) is 0. The summed E-state index contributed by atoms with van der Waals surface area (Å²) < 4.78 is 0. The molecule has 3 nitrogen and oxygen atoms in total. The minimum Gasteiger partial charge on any atom is -2.00 e. The van der Waals surface area contributed by atoms with Gasteiger partial charge in [-0.3, -0.25) is 0 Å². The maximum Gasteiger partial charge on any atom is 4.00 e. The average molecular weight is 438 g/mol. The van der Waals surface area contributed by atoms with Crippen molar-refractivity contribution in [1.82, 2.24) is 0 Å². The van der Waals surface area contributed by atoms with Crippen LogP contribution in [0.4, 0.5) is 0 Å². The van der Waals surface area contributed by atoms with Crippen LogP contribution in [0.25, 0.3) is 0 Å². The van der Waals surface area contributed by atoms with Gasteiger partial charge in [-0.05, 0) is 0 Å². The quantitative estimate of drug-likeness (QED) is 0.495. The van der Waals surface area contributed by atoms with Crippen LogP contribution >= 0.6 is 0 Å². The van der Waals surface area contributed by atoms with E-state index < -0.39 is 0 Å². The zero-order valence-electron chi connectivity index (χ0n) is 1.86. The van der Waals surface area contributed by atoms with E-state index in [0.29, 0.717) is 0 Å². The molecule has 0 saturated heterocycles. The molecule has 0 aromatic heterocycles. The van der Waals surface area contributed by atoms with Gasteiger partial charge in [0, 0.05) is 0 Å². The first kappa shape index (κ1) is 109. The van der Waals surface area contributed by atoms with E-state index in [-0.39, 0.29) is 58.6 Å². The van der Waals surface area contributed by atoms with Gasteiger partial charge >= 0.3 is 42.1 Å². The Balaban J connectivity index is 0. The average Bonchev–Trinajstić information content (AvgIpc) is 0. The third-order valence-electron chi connectivity index (χ3n) is 0. The van der Waals surface area contributed by atoms with Crippen LogP contribution in [0.15, 0.2) is 0 Å². The first-order chi connectivity index (χ1) is 0. The van der Waals surface area contributed by atoms with Gasteiger partial charge in [0.1, 0.15) is 0 Å². The predicted molar refractivity (Wildman–Crippen MR) is 2.06 cm³/mol. The van der Waals surface area contributed by atoms with Crippen LogP contribution in [-0.2, 0) is 58.6 Å². The van der Waals surface area contributed by atoms with E-state index in [4.69, 9.17) is 0 Å². The number of rotatable bonds is 0. The number of hydrogen-bond donors (Lipinski definition) is 0. The van der Waals surface area contributed by atoms with Crippen LogP contribution in [0.3, 0.4) is 0 Å². The molecule has 0 spiro atoms. The standard InChI is InChI=1S/3O.2Pt/q3*-2;2*+4. The second-order valence-corrected chi connectivity index (χ2v) is 0. The van der Waals surface area contributed by atoms with Crippen molar-refractivity contribution >= 4 is 0 Å². The minimum atomic E-state index is 0. The Bertz CT molecular complexity index is 4.85. The molecule has 5 heteroatoms. The molecule has 0 unspecified atom stereocenters. The van der Waals surface area contributed by atoms with Gasteiger partial charge in [-0.2, -0.15) is 0 Å². The summed E-state index contributed by atoms with van der Waals surface area (Å²) in [7, 11) is 0. The molecule has 0 bridgehead atoms. The summed E-state index contributed by atoms with van der Waals surface area (Å²) in [5, 5.41) is 0. The summed E-state index contributed by atoms with van der Waals surface area (Å²) >= 11 is 0. The van der Waals surface area contributed by atoms with Crippen molar-refractivity contribution < 1.29 is 58.6 Å². The Morgan fingerprint density at radius 2 is 0.400 bits per heavy atom. The monoisotopic (exact) mass is 438 g/mol. The smallest absolute Gasteiger partial charge is 2.00 e. The van der Waals surface area contributed by atoms with Crippen molar-refractivity contribution in [1.29, 1.82) is 0 Å². The normalized spacial score (nSPS) is 0. The topological polar surface area (TPSA) is 85.5 Å². The Hall–Kier alpha value is 1.26. The summed E-state index contributed by atoms with van der Waals surface area (Å²) in [4.78, 5) is 0. The van der Waals surface area contributed by atoms with E-state index in [1.54, 1.807) is 0 Å². The Morgan fingerprint density at radius 3 is 0.400 bits per heavy atom. The first-order valence-corrected chi connectivity index (χ1v) is 0. The van der Waals surface area contributed by atoms with Crippen molar-refractivity contribution in [2.45, 2.75) is 0 Å². The van der Waals surface area contributed by atoms with Crippen molar-refractivity contribution in [3.63, 3.8) is 0 Å². The van der Waals surface area contributed by atoms with Gasteiger partial charge in [-0.25, -0.2) is 0 Å². The molecular formula is O3Pt2+2. The second kappa shape index (κ2) is 60.3. The molecule has 0 aliphatic carbocycles. The van der Waals surface area contributed by atoms with Gasteiger partial charge in [0.15, 0.2) is 0 Å². The van der Waals surface area contributed by atoms with E-state index in [1.165, 1.54) is 0 Å². The number of hydrogen-bond acceptors (Lipinski definition) is 0. The molecule has 0 aliphatic rings. The Morgan fingerprint density at radius 1 is 0.400 bits per heavy atom. The SMILES string of the molecule is [O-2].[O-2].[O-2].[Pt+4].[Pt+4]. The van der Waals surface area contributed by atoms with E-state index in [2.05, 4.69) is 0 Å². The molecule has 0 amide bonds. The van der Waals surface area contributed by atoms with E-state index in [1.807, 2.05) is 0 Å². The molecule has 0 aromatic carbocycles. The van der Waals surface area contributed by atoms with Crippen molar-refractivity contribution in [3.05, 3.63) is 0 Å². The molecule has 0 radical (unpaired) electrons. The van der Waals surface area contributed by atoms with Gasteiger partial charge in [0.05, 0.1) is 0 Å². The zero-order chi connectivity index (χ0) is 0. The summed E-state index contributed by atoms with van der Waals surface area (Å²) in [5.41, 5.74) is 0. The van der Waals surface area contributed by atoms with Crippen LogP contribution in [-0.4, -0.2) is 0 Å². The largest absolute Gasteiger partial charge is 4.00 e. The molecule has 5 heavy (non-hydrogen) atoms. The van der Waals surface area contributed by atoms with Crippen LogP contribution in [0.5, 0.6) is 0 Å². The van der Waals surface area contributed by atoms with Gasteiger partial charge in [-0.1, -0.05) is 0 Å². The van der Waals surface area contributed by atoms with Crippen molar-refractivity contribution in [2.75, 3.05) is 0 Å². The van der Waals surface area contributed by atoms with Crippen molar-refractivity contribution in [2.24, 2.45) is 0 Å². The molecule has 0 N–H and O–H groups in total. The molecular weight excluding hydrogens is 438 g/mol. The van der Waals surface area contributed by atoms with Crippen LogP contribution in [0, 0.1) is 0 Å². The Labute approximate surface area is 58.6 Å². The molecule has 0 atom stereocenters. The third-order valence-corrected chi connectivity index (χ3v) is 0. The van der Waals surface area contributed by atoms with Gasteiger partial charge in [0.25, 0.3) is 0 Å². The molecule has 0 aromatic rings. The first-order valence-electron chi connectivity index (χ1n) is 0. The fraction of sp³-hybridized carbons (Fsp3) is 0. The summed E-state index contributed by atoms with van der Waals surface area (Å²) in [6.07, 6.45) is 0. The van der Waals surface area contributed by atoms with Gasteiger partial charge in [-0.15, -0.1) is 0 Å². The molecule has 0 rings (SSSR count). The predicted octanol–water partition coefficient (Wildman–Crippen LogP) is -0.361. The maximum absolute atomic E-state index is 0. The van der Waals surface area contributed by atoms with Gasteiger partial charge in [0.2, 0.25) is 0 Å². The molecule has 0 aliphatic heterocycles. The third kappa shape index (κ3) is 35.3. The van der Waals surface area contributed by atoms with E-state index in [9.17, 15) is 0 Å². The zero-order valence-corrected chi connectivity index (χ0v) is 6.40. The molecule has 0 heterocycles. The molecule has 36 valence electrons.